The third kappa shape index (κ3) is 2.34. The summed E-state index contributed by atoms with van der Waals surface area (Å²) >= 11 is 4.79. The summed E-state index contributed by atoms with van der Waals surface area (Å²) in [6, 6.07) is 0. The zero-order chi connectivity index (χ0) is 5.86. The summed E-state index contributed by atoms with van der Waals surface area (Å²) in [5.74, 6) is -1.54. The van der Waals surface area contributed by atoms with E-state index in [9.17, 15) is 9.18 Å². The van der Waals surface area contributed by atoms with Gasteiger partial charge in [0, 0.05) is 12.5 Å². The summed E-state index contributed by atoms with van der Waals surface area (Å²) in [6.07, 6.45) is 0. The second-order valence-corrected chi connectivity index (χ2v) is 1.23. The molecule has 0 fully saturated rings. The maximum Gasteiger partial charge on any atom is 0.189 e. The molecule has 0 N–H and O–H groups in total. The Bertz CT molecular complexity index is 108. The average molecular weight is 123 g/mol. The van der Waals surface area contributed by atoms with E-state index in [0.29, 0.717) is 5.54 Å². The fraction of sp³-hybridized carbons (Fsp3) is 0.250. The van der Waals surface area contributed by atoms with Crippen molar-refractivity contribution in [2.24, 2.45) is 0 Å². The Morgan fingerprint density at radius 3 is 2.29 bits per heavy atom. The van der Waals surface area contributed by atoms with E-state index in [0.717, 1.165) is 6.92 Å². The molecule has 0 bridgehead atoms. The minimum Gasteiger partial charge on any atom is -0.292 e. The molecular weight excluding hydrogens is 118 g/mol. The molecule has 0 spiro atoms. The second kappa shape index (κ2) is 2.75. The highest BCUT2D eigenvalue weighted by atomic mass is 35.5. The predicted octanol–water partition coefficient (Wildman–Crippen LogP) is 1.63. The Kier molecular flexibility index (Phi) is 2.60. The summed E-state index contributed by atoms with van der Waals surface area (Å²) in [5, 5.41) is 0. The molecule has 0 aromatic rings. The number of hydrogen-bond acceptors (Lipinski definition) is 1. The van der Waals surface area contributed by atoms with Gasteiger partial charge in [-0.3, -0.25) is 4.79 Å². The van der Waals surface area contributed by atoms with E-state index in [-0.39, 0.29) is 0 Å². The molecule has 0 saturated heterocycles. The van der Waals surface area contributed by atoms with Crippen LogP contribution in [0, 0.1) is 0 Å². The van der Waals surface area contributed by atoms with Gasteiger partial charge in [-0.05, 0) is 0 Å². The topological polar surface area (TPSA) is 17.1 Å². The molecule has 3 heteroatoms. The molecule has 40 valence electrons. The van der Waals surface area contributed by atoms with Crippen LogP contribution in [0.1, 0.15) is 6.92 Å². The SMILES string of the molecule is CC(=O)/C(F)=C\Cl. The van der Waals surface area contributed by atoms with Crippen molar-refractivity contribution < 1.29 is 9.18 Å². The Morgan fingerprint density at radius 1 is 1.86 bits per heavy atom. The first kappa shape index (κ1) is 6.63. The number of Topliss-reactive ketones (excluding diaryl/α,β-unsaturated/α-hetero) is 1. The number of halogens is 2. The number of rotatable bonds is 1. The normalized spacial score (nSPS) is 11.6. The third-order valence-corrected chi connectivity index (χ3v) is 0.624. The zero-order valence-corrected chi connectivity index (χ0v) is 4.50. The van der Waals surface area contributed by atoms with Gasteiger partial charge < -0.3 is 0 Å². The highest BCUT2D eigenvalue weighted by Gasteiger charge is 1.96. The van der Waals surface area contributed by atoms with Gasteiger partial charge in [0.15, 0.2) is 11.6 Å². The van der Waals surface area contributed by atoms with Crippen molar-refractivity contribution in [1.29, 1.82) is 0 Å². The minimum absolute atomic E-state index is 0.613. The Labute approximate surface area is 45.8 Å². The molecule has 0 aliphatic rings. The molecule has 0 saturated carbocycles. The second-order valence-electron chi connectivity index (χ2n) is 1.01. The summed E-state index contributed by atoms with van der Waals surface area (Å²) in [5.41, 5.74) is 0.613. The van der Waals surface area contributed by atoms with Crippen LogP contribution in [0.5, 0.6) is 0 Å². The molecule has 7 heavy (non-hydrogen) atoms. The smallest absolute Gasteiger partial charge is 0.189 e. The van der Waals surface area contributed by atoms with Gasteiger partial charge in [0.05, 0.1) is 0 Å². The molecule has 1 nitrogen and oxygen atoms in total. The van der Waals surface area contributed by atoms with E-state index in [1.807, 2.05) is 0 Å². The van der Waals surface area contributed by atoms with Crippen molar-refractivity contribution in [1.82, 2.24) is 0 Å². The maximum atomic E-state index is 11.6. The molecule has 0 aliphatic heterocycles. The van der Waals surface area contributed by atoms with Gasteiger partial charge in [-0.2, -0.15) is 0 Å². The maximum absolute atomic E-state index is 11.6. The first-order valence-electron chi connectivity index (χ1n) is 1.65. The highest BCUT2D eigenvalue weighted by molar-refractivity contribution is 6.27. The monoisotopic (exact) mass is 122 g/mol. The van der Waals surface area contributed by atoms with E-state index < -0.39 is 11.6 Å². The Balaban J connectivity index is 3.82. The van der Waals surface area contributed by atoms with E-state index in [2.05, 4.69) is 0 Å². The van der Waals surface area contributed by atoms with Crippen LogP contribution in [0.2, 0.25) is 0 Å². The number of ketones is 1. The van der Waals surface area contributed by atoms with Crippen LogP contribution in [0.3, 0.4) is 0 Å². The van der Waals surface area contributed by atoms with Crippen LogP contribution in [0.4, 0.5) is 4.39 Å². The highest BCUT2D eigenvalue weighted by Crippen LogP contribution is 1.97. The van der Waals surface area contributed by atoms with Crippen molar-refractivity contribution in [3.63, 3.8) is 0 Å². The molecule has 0 aromatic carbocycles. The van der Waals surface area contributed by atoms with Crippen molar-refractivity contribution in [3.8, 4) is 0 Å². The fourth-order valence-corrected chi connectivity index (χ4v) is 0.230. The Morgan fingerprint density at radius 2 is 2.29 bits per heavy atom. The summed E-state index contributed by atoms with van der Waals surface area (Å²) in [4.78, 5) is 9.85. The summed E-state index contributed by atoms with van der Waals surface area (Å²) in [7, 11) is 0. The molecular formula is C4H4ClFO. The fourth-order valence-electron chi connectivity index (χ4n) is 0.0768. The molecule has 0 aromatic heterocycles. The Hall–Kier alpha value is -0.370. The summed E-state index contributed by atoms with van der Waals surface area (Å²) in [6.45, 7) is 1.11. The number of carbonyl (C=O) groups is 1. The van der Waals surface area contributed by atoms with Gasteiger partial charge in [0.2, 0.25) is 0 Å². The van der Waals surface area contributed by atoms with Gasteiger partial charge in [0.25, 0.3) is 0 Å². The average Bonchev–Trinajstić information content (AvgIpc) is 1.65. The standard InChI is InChI=1S/C4H4ClFO/c1-3(7)4(6)2-5/h2H,1H3/b4-2+. The molecule has 0 heterocycles. The number of allylic oxidation sites excluding steroid dienone is 1. The minimum atomic E-state index is -0.901. The zero-order valence-electron chi connectivity index (χ0n) is 3.74. The first-order chi connectivity index (χ1) is 3.18. The molecule has 0 unspecified atom stereocenters. The first-order valence-corrected chi connectivity index (χ1v) is 2.09. The molecule has 0 radical (unpaired) electrons. The quantitative estimate of drug-likeness (QED) is 0.483. The lowest BCUT2D eigenvalue weighted by Crippen LogP contribution is -1.86. The third-order valence-electron chi connectivity index (χ3n) is 0.432. The van der Waals surface area contributed by atoms with E-state index in [1.54, 1.807) is 0 Å². The van der Waals surface area contributed by atoms with E-state index in [4.69, 9.17) is 11.6 Å². The van der Waals surface area contributed by atoms with Crippen molar-refractivity contribution >= 4 is 17.4 Å². The van der Waals surface area contributed by atoms with Crippen molar-refractivity contribution in [2.75, 3.05) is 0 Å². The van der Waals surface area contributed by atoms with Crippen molar-refractivity contribution in [3.05, 3.63) is 11.4 Å². The van der Waals surface area contributed by atoms with Gasteiger partial charge in [-0.25, -0.2) is 4.39 Å². The predicted molar refractivity (Wildman–Crippen MR) is 25.7 cm³/mol. The van der Waals surface area contributed by atoms with Gasteiger partial charge >= 0.3 is 0 Å². The van der Waals surface area contributed by atoms with Crippen LogP contribution in [0.15, 0.2) is 11.4 Å². The van der Waals surface area contributed by atoms with Crippen LogP contribution >= 0.6 is 11.6 Å². The van der Waals surface area contributed by atoms with E-state index in [1.165, 1.54) is 0 Å². The van der Waals surface area contributed by atoms with Gasteiger partial charge in [-0.1, -0.05) is 11.6 Å². The lowest BCUT2D eigenvalue weighted by Gasteiger charge is -1.78. The number of carbonyl (C=O) groups excluding carboxylic acids is 1. The lowest BCUT2D eigenvalue weighted by atomic mass is 10.4. The number of hydrogen-bond donors (Lipinski definition) is 0. The van der Waals surface area contributed by atoms with Crippen molar-refractivity contribution in [2.45, 2.75) is 6.92 Å². The molecule has 0 aliphatic carbocycles. The molecule has 0 rings (SSSR count). The van der Waals surface area contributed by atoms with E-state index >= 15 is 0 Å². The van der Waals surface area contributed by atoms with Crippen LogP contribution in [0.25, 0.3) is 0 Å². The largest absolute Gasteiger partial charge is 0.292 e. The van der Waals surface area contributed by atoms with Crippen LogP contribution in [-0.4, -0.2) is 5.78 Å². The van der Waals surface area contributed by atoms with Crippen LogP contribution < -0.4 is 0 Å². The van der Waals surface area contributed by atoms with Gasteiger partial charge in [0.1, 0.15) is 0 Å². The summed E-state index contributed by atoms with van der Waals surface area (Å²) < 4.78 is 11.6. The molecule has 0 atom stereocenters. The molecule has 0 amide bonds. The van der Waals surface area contributed by atoms with Gasteiger partial charge in [-0.15, -0.1) is 0 Å². The lowest BCUT2D eigenvalue weighted by molar-refractivity contribution is -0.114. The van der Waals surface area contributed by atoms with Crippen LogP contribution in [-0.2, 0) is 4.79 Å².